The predicted octanol–water partition coefficient (Wildman–Crippen LogP) is 1.42. The summed E-state index contributed by atoms with van der Waals surface area (Å²) in [5.41, 5.74) is 0.394. The van der Waals surface area contributed by atoms with Crippen LogP contribution in [-0.4, -0.2) is 60.3 Å². The normalized spacial score (nSPS) is 22.3. The molecule has 0 aromatic carbocycles. The van der Waals surface area contributed by atoms with Gasteiger partial charge in [0, 0.05) is 39.3 Å². The van der Waals surface area contributed by atoms with E-state index in [9.17, 15) is 5.11 Å². The Balaban J connectivity index is 2.23. The molecule has 1 aliphatic rings. The fourth-order valence-electron chi connectivity index (χ4n) is 2.23. The molecule has 0 aromatic rings. The third-order valence-corrected chi connectivity index (χ3v) is 3.10. The van der Waals surface area contributed by atoms with E-state index in [1.165, 1.54) is 6.54 Å². The molecule has 1 aliphatic heterocycles. The first-order chi connectivity index (χ1) is 7.40. The second kappa shape index (κ2) is 5.99. The van der Waals surface area contributed by atoms with Gasteiger partial charge in [-0.3, -0.25) is 4.90 Å². The smallest absolute Gasteiger partial charge is 0.0664 e. The van der Waals surface area contributed by atoms with Crippen LogP contribution in [-0.2, 0) is 0 Å². The predicted molar refractivity (Wildman–Crippen MR) is 68.6 cm³/mol. The van der Waals surface area contributed by atoms with Gasteiger partial charge in [-0.25, -0.2) is 0 Å². The van der Waals surface area contributed by atoms with Gasteiger partial charge in [0.05, 0.1) is 6.10 Å². The number of aliphatic hydroxyl groups is 1. The van der Waals surface area contributed by atoms with Gasteiger partial charge in [0.25, 0.3) is 0 Å². The first kappa shape index (κ1) is 13.9. The summed E-state index contributed by atoms with van der Waals surface area (Å²) in [6.45, 7) is 15.4. The van der Waals surface area contributed by atoms with Crippen molar-refractivity contribution in [3.63, 3.8) is 0 Å². The Morgan fingerprint density at radius 3 is 2.00 bits per heavy atom. The molecule has 1 saturated heterocycles. The first-order valence-corrected chi connectivity index (χ1v) is 6.53. The van der Waals surface area contributed by atoms with Gasteiger partial charge >= 0.3 is 0 Å². The average Bonchev–Trinajstić information content (AvgIpc) is 2.18. The summed E-state index contributed by atoms with van der Waals surface area (Å²) >= 11 is 0. The molecule has 1 rings (SSSR count). The number of aliphatic hydroxyl groups excluding tert-OH is 1. The van der Waals surface area contributed by atoms with E-state index in [0.717, 1.165) is 39.1 Å². The molecule has 1 unspecified atom stereocenters. The summed E-state index contributed by atoms with van der Waals surface area (Å²) in [4.78, 5) is 4.92. The average molecular weight is 228 g/mol. The van der Waals surface area contributed by atoms with Gasteiger partial charge in [-0.1, -0.05) is 27.7 Å². The highest BCUT2D eigenvalue weighted by molar-refractivity contribution is 4.77. The molecule has 96 valence electrons. The van der Waals surface area contributed by atoms with Crippen LogP contribution >= 0.6 is 0 Å². The van der Waals surface area contributed by atoms with Crippen molar-refractivity contribution in [2.24, 2.45) is 5.41 Å². The summed E-state index contributed by atoms with van der Waals surface area (Å²) in [5, 5.41) is 9.61. The standard InChI is InChI=1S/C13H28N2O/c1-5-12(16)10-14-6-8-15(9-7-14)11-13(2,3)4/h12,16H,5-11H2,1-4H3. The minimum absolute atomic E-state index is 0.144. The molecule has 3 heteroatoms. The minimum Gasteiger partial charge on any atom is -0.392 e. The topological polar surface area (TPSA) is 26.7 Å². The molecule has 1 atom stereocenters. The summed E-state index contributed by atoms with van der Waals surface area (Å²) in [7, 11) is 0. The second-order valence-corrected chi connectivity index (χ2v) is 6.20. The zero-order chi connectivity index (χ0) is 12.2. The van der Waals surface area contributed by atoms with Crippen molar-refractivity contribution >= 4 is 0 Å². The SMILES string of the molecule is CCC(O)CN1CCN(CC(C)(C)C)CC1. The molecule has 0 bridgehead atoms. The first-order valence-electron chi connectivity index (χ1n) is 6.53. The fraction of sp³-hybridized carbons (Fsp3) is 1.00. The van der Waals surface area contributed by atoms with Gasteiger partial charge in [-0.05, 0) is 11.8 Å². The van der Waals surface area contributed by atoms with Crippen LogP contribution < -0.4 is 0 Å². The zero-order valence-corrected chi connectivity index (χ0v) is 11.4. The van der Waals surface area contributed by atoms with E-state index in [1.54, 1.807) is 0 Å². The molecule has 3 nitrogen and oxygen atoms in total. The van der Waals surface area contributed by atoms with E-state index >= 15 is 0 Å². The Morgan fingerprint density at radius 2 is 1.56 bits per heavy atom. The van der Waals surface area contributed by atoms with Gasteiger partial charge in [-0.15, -0.1) is 0 Å². The maximum absolute atomic E-state index is 9.61. The van der Waals surface area contributed by atoms with E-state index in [1.807, 2.05) is 6.92 Å². The number of β-amino-alcohol motifs (C(OH)–C–C–N with tert-alkyl or cyclic N) is 1. The molecule has 0 aromatic heterocycles. The number of piperazine rings is 1. The van der Waals surface area contributed by atoms with Crippen molar-refractivity contribution in [2.45, 2.75) is 40.2 Å². The lowest BCUT2D eigenvalue weighted by atomic mass is 9.96. The van der Waals surface area contributed by atoms with Crippen molar-refractivity contribution < 1.29 is 5.11 Å². The Kier molecular flexibility index (Phi) is 5.22. The van der Waals surface area contributed by atoms with E-state index in [-0.39, 0.29) is 6.10 Å². The van der Waals surface area contributed by atoms with E-state index in [0.29, 0.717) is 5.41 Å². The third-order valence-electron chi connectivity index (χ3n) is 3.10. The molecule has 1 heterocycles. The highest BCUT2D eigenvalue weighted by Crippen LogP contribution is 2.16. The number of hydrogen-bond acceptors (Lipinski definition) is 3. The second-order valence-electron chi connectivity index (χ2n) is 6.20. The van der Waals surface area contributed by atoms with Gasteiger partial charge in [0.1, 0.15) is 0 Å². The monoisotopic (exact) mass is 228 g/mol. The van der Waals surface area contributed by atoms with Crippen LogP contribution in [0.2, 0.25) is 0 Å². The van der Waals surface area contributed by atoms with Crippen LogP contribution in [0.3, 0.4) is 0 Å². The largest absolute Gasteiger partial charge is 0.392 e. The maximum Gasteiger partial charge on any atom is 0.0664 e. The number of rotatable bonds is 4. The molecule has 1 fully saturated rings. The Hall–Kier alpha value is -0.120. The molecule has 0 saturated carbocycles. The van der Waals surface area contributed by atoms with Crippen LogP contribution in [0.15, 0.2) is 0 Å². The van der Waals surface area contributed by atoms with E-state index < -0.39 is 0 Å². The highest BCUT2D eigenvalue weighted by Gasteiger charge is 2.22. The van der Waals surface area contributed by atoms with Crippen molar-refractivity contribution in [1.29, 1.82) is 0 Å². The van der Waals surface area contributed by atoms with Crippen LogP contribution in [0.1, 0.15) is 34.1 Å². The van der Waals surface area contributed by atoms with Crippen LogP contribution in [0.5, 0.6) is 0 Å². The zero-order valence-electron chi connectivity index (χ0n) is 11.4. The summed E-state index contributed by atoms with van der Waals surface area (Å²) in [6, 6.07) is 0. The summed E-state index contributed by atoms with van der Waals surface area (Å²) in [5.74, 6) is 0. The molecule has 1 N–H and O–H groups in total. The molecule has 0 spiro atoms. The van der Waals surface area contributed by atoms with Crippen LogP contribution in [0, 0.1) is 5.41 Å². The fourth-order valence-corrected chi connectivity index (χ4v) is 2.23. The van der Waals surface area contributed by atoms with Gasteiger partial charge in [-0.2, -0.15) is 0 Å². The van der Waals surface area contributed by atoms with Gasteiger partial charge in [0.2, 0.25) is 0 Å². The Labute approximate surface area is 100 Å². The van der Waals surface area contributed by atoms with E-state index in [4.69, 9.17) is 0 Å². The number of hydrogen-bond donors (Lipinski definition) is 1. The number of nitrogens with zero attached hydrogens (tertiary/aromatic N) is 2. The van der Waals surface area contributed by atoms with Crippen molar-refractivity contribution in [3.05, 3.63) is 0 Å². The summed E-state index contributed by atoms with van der Waals surface area (Å²) < 4.78 is 0. The minimum atomic E-state index is -0.144. The summed E-state index contributed by atoms with van der Waals surface area (Å²) in [6.07, 6.45) is 0.719. The van der Waals surface area contributed by atoms with Crippen LogP contribution in [0.25, 0.3) is 0 Å². The molecular formula is C13H28N2O. The van der Waals surface area contributed by atoms with Gasteiger partial charge in [0.15, 0.2) is 0 Å². The quantitative estimate of drug-likeness (QED) is 0.788. The molecule has 16 heavy (non-hydrogen) atoms. The van der Waals surface area contributed by atoms with E-state index in [2.05, 4.69) is 30.6 Å². The lowest BCUT2D eigenvalue weighted by Gasteiger charge is -2.38. The van der Waals surface area contributed by atoms with Gasteiger partial charge < -0.3 is 10.0 Å². The lowest BCUT2D eigenvalue weighted by Crippen LogP contribution is -2.50. The lowest BCUT2D eigenvalue weighted by molar-refractivity contribution is 0.0596. The van der Waals surface area contributed by atoms with Crippen molar-refractivity contribution in [1.82, 2.24) is 9.80 Å². The molecular weight excluding hydrogens is 200 g/mol. The Bertz CT molecular complexity index is 193. The molecule has 0 amide bonds. The third kappa shape index (κ3) is 5.28. The highest BCUT2D eigenvalue weighted by atomic mass is 16.3. The molecule has 0 aliphatic carbocycles. The molecule has 0 radical (unpaired) electrons. The maximum atomic E-state index is 9.61. The van der Waals surface area contributed by atoms with Crippen molar-refractivity contribution in [3.8, 4) is 0 Å². The van der Waals surface area contributed by atoms with Crippen molar-refractivity contribution in [2.75, 3.05) is 39.3 Å². The van der Waals surface area contributed by atoms with Crippen LogP contribution in [0.4, 0.5) is 0 Å². The Morgan fingerprint density at radius 1 is 1.06 bits per heavy atom.